The van der Waals surface area contributed by atoms with Crippen molar-refractivity contribution in [1.82, 2.24) is 0 Å². The molecule has 0 fully saturated rings. The molecule has 184 valence electrons. The smallest absolute Gasteiger partial charge is 0.320 e. The summed E-state index contributed by atoms with van der Waals surface area (Å²) in [6.07, 6.45) is 2.38. The van der Waals surface area contributed by atoms with Crippen LogP contribution in [0.25, 0.3) is 11.1 Å². The summed E-state index contributed by atoms with van der Waals surface area (Å²) in [5.41, 5.74) is 1.06. The van der Waals surface area contributed by atoms with Gasteiger partial charge in [0.05, 0.1) is 6.61 Å². The standard InChI is InChI=1S/C30H33FO4/c1-7-34-28(33)30(6,22-13-14-24(25(31)17-22)21-11-9-8-10-12-21)29(5)16-15-23-20(4)26(32)18(2)19(3)27(23)35-29/h8-15,17-18,20H,7,16H2,1-6H3. The second-order valence-electron chi connectivity index (χ2n) is 9.96. The van der Waals surface area contributed by atoms with Crippen molar-refractivity contribution in [2.45, 2.75) is 59.0 Å². The summed E-state index contributed by atoms with van der Waals surface area (Å²) >= 11 is 0. The molecule has 35 heavy (non-hydrogen) atoms. The minimum Gasteiger partial charge on any atom is -0.485 e. The Morgan fingerprint density at radius 3 is 2.49 bits per heavy atom. The van der Waals surface area contributed by atoms with Crippen LogP contribution in [-0.4, -0.2) is 24.0 Å². The van der Waals surface area contributed by atoms with E-state index in [1.807, 2.05) is 64.1 Å². The molecule has 0 amide bonds. The van der Waals surface area contributed by atoms with Crippen molar-refractivity contribution < 1.29 is 23.5 Å². The molecule has 4 unspecified atom stereocenters. The highest BCUT2D eigenvalue weighted by molar-refractivity contribution is 5.91. The Morgan fingerprint density at radius 2 is 1.86 bits per heavy atom. The normalized spacial score (nSPS) is 25.8. The fourth-order valence-electron chi connectivity index (χ4n) is 5.24. The molecule has 0 bridgehead atoms. The molecule has 2 aromatic rings. The number of fused-ring (bicyclic) bond motifs is 1. The van der Waals surface area contributed by atoms with Gasteiger partial charge in [0.15, 0.2) is 0 Å². The highest BCUT2D eigenvalue weighted by Crippen LogP contribution is 2.50. The molecule has 4 atom stereocenters. The molecule has 2 aromatic carbocycles. The first-order valence-electron chi connectivity index (χ1n) is 12.2. The molecule has 1 aliphatic heterocycles. The maximum absolute atomic E-state index is 15.4. The van der Waals surface area contributed by atoms with Crippen LogP contribution >= 0.6 is 0 Å². The zero-order valence-corrected chi connectivity index (χ0v) is 21.3. The first-order chi connectivity index (χ1) is 16.5. The SMILES string of the molecule is CCOC(=O)C(C)(c1ccc(-c2ccccc2)c(F)c1)C1(C)CC=C2C(=C(C)C(C)C(=O)C2C)O1. The van der Waals surface area contributed by atoms with Crippen molar-refractivity contribution in [3.8, 4) is 11.1 Å². The molecule has 0 spiro atoms. The lowest BCUT2D eigenvalue weighted by atomic mass is 9.65. The first kappa shape index (κ1) is 24.9. The van der Waals surface area contributed by atoms with Gasteiger partial charge in [0, 0.05) is 29.4 Å². The van der Waals surface area contributed by atoms with E-state index in [1.54, 1.807) is 26.0 Å². The van der Waals surface area contributed by atoms with Gasteiger partial charge >= 0.3 is 5.97 Å². The number of hydrogen-bond donors (Lipinski definition) is 0. The molecule has 1 heterocycles. The van der Waals surface area contributed by atoms with Crippen molar-refractivity contribution in [1.29, 1.82) is 0 Å². The van der Waals surface area contributed by atoms with Crippen LogP contribution in [-0.2, 0) is 24.5 Å². The van der Waals surface area contributed by atoms with Crippen molar-refractivity contribution in [2.75, 3.05) is 6.61 Å². The lowest BCUT2D eigenvalue weighted by Gasteiger charge is -2.49. The number of benzene rings is 2. The summed E-state index contributed by atoms with van der Waals surface area (Å²) in [6, 6.07) is 14.2. The third kappa shape index (κ3) is 3.91. The number of carbonyl (C=O) groups is 2. The summed E-state index contributed by atoms with van der Waals surface area (Å²) in [5.74, 6) is -0.606. The van der Waals surface area contributed by atoms with E-state index in [0.29, 0.717) is 23.3 Å². The maximum Gasteiger partial charge on any atom is 0.320 e. The third-order valence-electron chi connectivity index (χ3n) is 8.00. The fourth-order valence-corrected chi connectivity index (χ4v) is 5.24. The van der Waals surface area contributed by atoms with Crippen LogP contribution in [0.5, 0.6) is 0 Å². The lowest BCUT2D eigenvalue weighted by molar-refractivity contribution is -0.163. The van der Waals surface area contributed by atoms with Crippen LogP contribution in [0.3, 0.4) is 0 Å². The molecule has 0 N–H and O–H groups in total. The van der Waals surface area contributed by atoms with Gasteiger partial charge in [0.1, 0.15) is 28.4 Å². The number of ketones is 1. The van der Waals surface area contributed by atoms with Gasteiger partial charge in [-0.3, -0.25) is 9.59 Å². The summed E-state index contributed by atoms with van der Waals surface area (Å²) in [4.78, 5) is 26.2. The largest absolute Gasteiger partial charge is 0.485 e. The highest BCUT2D eigenvalue weighted by atomic mass is 19.1. The molecular formula is C30H33FO4. The summed E-state index contributed by atoms with van der Waals surface area (Å²) in [5, 5.41) is 0. The van der Waals surface area contributed by atoms with E-state index in [4.69, 9.17) is 9.47 Å². The van der Waals surface area contributed by atoms with Crippen molar-refractivity contribution in [2.24, 2.45) is 11.8 Å². The van der Waals surface area contributed by atoms with E-state index in [1.165, 1.54) is 6.07 Å². The maximum atomic E-state index is 15.4. The molecule has 0 saturated carbocycles. The van der Waals surface area contributed by atoms with Crippen LogP contribution in [0.2, 0.25) is 0 Å². The molecule has 4 rings (SSSR count). The topological polar surface area (TPSA) is 52.6 Å². The number of halogens is 1. The number of rotatable bonds is 5. The minimum atomic E-state index is -1.30. The molecular weight excluding hydrogens is 443 g/mol. The quantitative estimate of drug-likeness (QED) is 0.459. The van der Waals surface area contributed by atoms with E-state index < -0.39 is 22.8 Å². The Hall–Kier alpha value is -3.21. The zero-order chi connectivity index (χ0) is 25.5. The zero-order valence-electron chi connectivity index (χ0n) is 21.3. The Kier molecular flexibility index (Phi) is 6.48. The average molecular weight is 477 g/mol. The molecule has 5 heteroatoms. The Morgan fingerprint density at radius 1 is 1.17 bits per heavy atom. The van der Waals surface area contributed by atoms with Gasteiger partial charge in [0.25, 0.3) is 0 Å². The second-order valence-corrected chi connectivity index (χ2v) is 9.96. The number of carbonyl (C=O) groups excluding carboxylic acids is 2. The van der Waals surface area contributed by atoms with Crippen molar-refractivity contribution in [3.05, 3.63) is 82.9 Å². The Labute approximate surface area is 206 Å². The molecule has 2 aliphatic rings. The summed E-state index contributed by atoms with van der Waals surface area (Å²) < 4.78 is 27.6. The Bertz CT molecular complexity index is 1230. The van der Waals surface area contributed by atoms with Gasteiger partial charge in [-0.15, -0.1) is 0 Å². The van der Waals surface area contributed by atoms with E-state index in [-0.39, 0.29) is 24.2 Å². The van der Waals surface area contributed by atoms with Gasteiger partial charge in [-0.2, -0.15) is 0 Å². The number of Topliss-reactive ketones (excluding diaryl/α,β-unsaturated/α-hetero) is 1. The molecule has 0 aromatic heterocycles. The summed E-state index contributed by atoms with van der Waals surface area (Å²) in [6.45, 7) is 11.3. The van der Waals surface area contributed by atoms with Gasteiger partial charge in [-0.1, -0.05) is 62.4 Å². The van der Waals surface area contributed by atoms with Crippen LogP contribution in [0, 0.1) is 17.7 Å². The van der Waals surface area contributed by atoms with Crippen LogP contribution in [0.4, 0.5) is 4.39 Å². The second kappa shape index (κ2) is 9.10. The minimum absolute atomic E-state index is 0.163. The number of hydrogen-bond acceptors (Lipinski definition) is 4. The van der Waals surface area contributed by atoms with Gasteiger partial charge in [-0.25, -0.2) is 4.39 Å². The van der Waals surface area contributed by atoms with E-state index in [2.05, 4.69) is 0 Å². The molecule has 4 nitrogen and oxygen atoms in total. The highest BCUT2D eigenvalue weighted by Gasteiger charge is 2.57. The van der Waals surface area contributed by atoms with Crippen LogP contribution < -0.4 is 0 Å². The monoisotopic (exact) mass is 476 g/mol. The summed E-state index contributed by atoms with van der Waals surface area (Å²) in [7, 11) is 0. The van der Waals surface area contributed by atoms with Crippen molar-refractivity contribution in [3.63, 3.8) is 0 Å². The van der Waals surface area contributed by atoms with Crippen LogP contribution in [0.1, 0.15) is 53.5 Å². The molecule has 0 radical (unpaired) electrons. The Balaban J connectivity index is 1.84. The van der Waals surface area contributed by atoms with Gasteiger partial charge in [-0.05, 0) is 50.5 Å². The van der Waals surface area contributed by atoms with E-state index >= 15 is 4.39 Å². The molecule has 0 saturated heterocycles. The number of ether oxygens (including phenoxy) is 2. The van der Waals surface area contributed by atoms with Crippen molar-refractivity contribution >= 4 is 11.8 Å². The fraction of sp³-hybridized carbons (Fsp3) is 0.400. The number of allylic oxidation sites excluding steroid dienone is 2. The van der Waals surface area contributed by atoms with E-state index in [9.17, 15) is 9.59 Å². The average Bonchev–Trinajstić information content (AvgIpc) is 2.86. The van der Waals surface area contributed by atoms with E-state index in [0.717, 1.165) is 16.7 Å². The molecule has 1 aliphatic carbocycles. The predicted molar refractivity (Wildman–Crippen MR) is 134 cm³/mol. The van der Waals surface area contributed by atoms with Gasteiger partial charge < -0.3 is 9.47 Å². The lowest BCUT2D eigenvalue weighted by Crippen LogP contribution is -2.56. The number of esters is 1. The van der Waals surface area contributed by atoms with Crippen LogP contribution in [0.15, 0.2) is 71.5 Å². The van der Waals surface area contributed by atoms with Gasteiger partial charge in [0.2, 0.25) is 0 Å². The third-order valence-corrected chi connectivity index (χ3v) is 8.00. The predicted octanol–water partition coefficient (Wildman–Crippen LogP) is 6.55. The first-order valence-corrected chi connectivity index (χ1v) is 12.2.